The van der Waals surface area contributed by atoms with Gasteiger partial charge in [0.05, 0.1) is 17.9 Å². The van der Waals surface area contributed by atoms with Crippen LogP contribution in [-0.2, 0) is 11.2 Å². The summed E-state index contributed by atoms with van der Waals surface area (Å²) in [4.78, 5) is 14.7. The lowest BCUT2D eigenvalue weighted by Crippen LogP contribution is -2.34. The number of nitrogens with one attached hydrogen (secondary N) is 2. The molecule has 3 aromatic rings. The predicted octanol–water partition coefficient (Wildman–Crippen LogP) is 4.71. The van der Waals surface area contributed by atoms with Crippen LogP contribution >= 0.6 is 0 Å². The number of aromatic nitrogens is 2. The highest BCUT2D eigenvalue weighted by atomic mass is 16.2. The molecule has 4 rings (SSSR count). The first-order valence-corrected chi connectivity index (χ1v) is 10.5. The molecule has 29 heavy (non-hydrogen) atoms. The standard InChI is InChI=1S/C24H28N4O/c1-3-12-28(13-4-2)16-22(29)25-19-10-11-20-18(14-19)15-21-23(26-27-24(20)21)17-8-6-5-7-9-17/h5-11,14H,3-4,12-13,15-16H2,1-2H3,(H,25,29)(H,26,27). The SMILES string of the molecule is CCCN(CCC)CC(=O)Nc1ccc2c(c1)Cc1c(-c3ccccc3)n[nH]c1-2. The van der Waals surface area contributed by atoms with Crippen LogP contribution in [0.25, 0.3) is 22.5 Å². The van der Waals surface area contributed by atoms with Gasteiger partial charge in [-0.3, -0.25) is 14.8 Å². The minimum atomic E-state index is 0.0509. The van der Waals surface area contributed by atoms with E-state index in [1.165, 1.54) is 16.7 Å². The first-order valence-electron chi connectivity index (χ1n) is 10.5. The van der Waals surface area contributed by atoms with Gasteiger partial charge in [-0.1, -0.05) is 50.2 Å². The van der Waals surface area contributed by atoms with E-state index < -0.39 is 0 Å². The first kappa shape index (κ1) is 19.4. The van der Waals surface area contributed by atoms with Gasteiger partial charge in [0, 0.05) is 28.8 Å². The third-order valence-electron chi connectivity index (χ3n) is 5.39. The molecule has 0 bridgehead atoms. The lowest BCUT2D eigenvalue weighted by atomic mass is 10.1. The van der Waals surface area contributed by atoms with Gasteiger partial charge in [0.25, 0.3) is 0 Å². The fourth-order valence-corrected chi connectivity index (χ4v) is 4.15. The van der Waals surface area contributed by atoms with Gasteiger partial charge in [-0.15, -0.1) is 0 Å². The van der Waals surface area contributed by atoms with Crippen molar-refractivity contribution < 1.29 is 4.79 Å². The number of carbonyl (C=O) groups is 1. The molecule has 150 valence electrons. The molecule has 0 saturated heterocycles. The minimum Gasteiger partial charge on any atom is -0.325 e. The average Bonchev–Trinajstić information content (AvgIpc) is 3.27. The van der Waals surface area contributed by atoms with E-state index in [0.29, 0.717) is 6.54 Å². The third kappa shape index (κ3) is 4.10. The van der Waals surface area contributed by atoms with Gasteiger partial charge in [-0.25, -0.2) is 0 Å². The van der Waals surface area contributed by atoms with Gasteiger partial charge >= 0.3 is 0 Å². The Morgan fingerprint density at radius 3 is 2.59 bits per heavy atom. The number of carbonyl (C=O) groups excluding carboxylic acids is 1. The van der Waals surface area contributed by atoms with Crippen molar-refractivity contribution >= 4 is 11.6 Å². The molecule has 1 aromatic heterocycles. The number of rotatable bonds is 8. The number of aromatic amines is 1. The van der Waals surface area contributed by atoms with E-state index in [9.17, 15) is 4.79 Å². The lowest BCUT2D eigenvalue weighted by Gasteiger charge is -2.20. The van der Waals surface area contributed by atoms with E-state index in [2.05, 4.69) is 58.5 Å². The van der Waals surface area contributed by atoms with Crippen molar-refractivity contribution in [2.24, 2.45) is 0 Å². The normalized spacial score (nSPS) is 12.1. The molecule has 5 nitrogen and oxygen atoms in total. The molecule has 1 aliphatic rings. The summed E-state index contributed by atoms with van der Waals surface area (Å²) in [6, 6.07) is 16.4. The summed E-state index contributed by atoms with van der Waals surface area (Å²) < 4.78 is 0. The van der Waals surface area contributed by atoms with Crippen LogP contribution in [-0.4, -0.2) is 40.6 Å². The number of amides is 1. The summed E-state index contributed by atoms with van der Waals surface area (Å²) in [6.07, 6.45) is 2.94. The van der Waals surface area contributed by atoms with Crippen molar-refractivity contribution in [1.82, 2.24) is 15.1 Å². The van der Waals surface area contributed by atoms with Crippen LogP contribution in [0.5, 0.6) is 0 Å². The van der Waals surface area contributed by atoms with Crippen molar-refractivity contribution in [1.29, 1.82) is 0 Å². The van der Waals surface area contributed by atoms with Crippen LogP contribution in [0, 0.1) is 0 Å². The second kappa shape index (κ2) is 8.62. The minimum absolute atomic E-state index is 0.0509. The van der Waals surface area contributed by atoms with Gasteiger partial charge < -0.3 is 5.32 Å². The Labute approximate surface area is 172 Å². The summed E-state index contributed by atoms with van der Waals surface area (Å²) >= 11 is 0. The van der Waals surface area contributed by atoms with Crippen molar-refractivity contribution in [2.75, 3.05) is 25.0 Å². The lowest BCUT2D eigenvalue weighted by molar-refractivity contribution is -0.117. The highest BCUT2D eigenvalue weighted by Gasteiger charge is 2.25. The Morgan fingerprint density at radius 1 is 1.10 bits per heavy atom. The highest BCUT2D eigenvalue weighted by Crippen LogP contribution is 2.40. The van der Waals surface area contributed by atoms with Crippen molar-refractivity contribution in [3.8, 4) is 22.5 Å². The highest BCUT2D eigenvalue weighted by molar-refractivity contribution is 5.93. The van der Waals surface area contributed by atoms with Crippen LogP contribution in [0.3, 0.4) is 0 Å². The molecule has 2 N–H and O–H groups in total. The summed E-state index contributed by atoms with van der Waals surface area (Å²) in [5, 5.41) is 10.8. The van der Waals surface area contributed by atoms with E-state index in [1.54, 1.807) is 0 Å². The smallest absolute Gasteiger partial charge is 0.238 e. The number of hydrogen-bond donors (Lipinski definition) is 2. The van der Waals surface area contributed by atoms with E-state index in [-0.39, 0.29) is 5.91 Å². The molecule has 0 radical (unpaired) electrons. The zero-order valence-electron chi connectivity index (χ0n) is 17.2. The van der Waals surface area contributed by atoms with E-state index in [1.807, 2.05) is 24.3 Å². The van der Waals surface area contributed by atoms with Gasteiger partial charge in [0.2, 0.25) is 5.91 Å². The average molecular weight is 389 g/mol. The van der Waals surface area contributed by atoms with Crippen LogP contribution in [0.2, 0.25) is 0 Å². The fraction of sp³-hybridized carbons (Fsp3) is 0.333. The molecular weight excluding hydrogens is 360 g/mol. The molecule has 2 aromatic carbocycles. The Hall–Kier alpha value is -2.92. The Bertz CT molecular complexity index is 987. The fourth-order valence-electron chi connectivity index (χ4n) is 4.15. The Kier molecular flexibility index (Phi) is 5.76. The van der Waals surface area contributed by atoms with Crippen LogP contribution < -0.4 is 5.32 Å². The topological polar surface area (TPSA) is 61.0 Å². The molecule has 0 spiro atoms. The summed E-state index contributed by atoms with van der Waals surface area (Å²) in [7, 11) is 0. The van der Waals surface area contributed by atoms with E-state index in [0.717, 1.165) is 55.0 Å². The first-order chi connectivity index (χ1) is 14.2. The molecule has 5 heteroatoms. The third-order valence-corrected chi connectivity index (χ3v) is 5.39. The molecule has 1 heterocycles. The quantitative estimate of drug-likeness (QED) is 0.460. The van der Waals surface area contributed by atoms with Gasteiger partial charge in [0.15, 0.2) is 0 Å². The summed E-state index contributed by atoms with van der Waals surface area (Å²) in [5.74, 6) is 0.0509. The maximum atomic E-state index is 12.5. The van der Waals surface area contributed by atoms with Crippen molar-refractivity contribution in [3.05, 3.63) is 59.7 Å². The Balaban J connectivity index is 1.48. The molecule has 1 amide bonds. The number of H-pyrrole nitrogens is 1. The predicted molar refractivity (Wildman–Crippen MR) is 118 cm³/mol. The number of benzene rings is 2. The summed E-state index contributed by atoms with van der Waals surface area (Å²) in [6.45, 7) is 6.65. The monoisotopic (exact) mass is 388 g/mol. The number of fused-ring (bicyclic) bond motifs is 3. The van der Waals surface area contributed by atoms with Crippen molar-refractivity contribution in [2.45, 2.75) is 33.1 Å². The molecule has 0 saturated carbocycles. The van der Waals surface area contributed by atoms with Crippen LogP contribution in [0.4, 0.5) is 5.69 Å². The maximum absolute atomic E-state index is 12.5. The Morgan fingerprint density at radius 2 is 1.86 bits per heavy atom. The zero-order valence-corrected chi connectivity index (χ0v) is 17.2. The van der Waals surface area contributed by atoms with Gasteiger partial charge in [0.1, 0.15) is 0 Å². The molecule has 0 aliphatic heterocycles. The second-order valence-electron chi connectivity index (χ2n) is 7.66. The molecular formula is C24H28N4O. The molecule has 0 fully saturated rings. The molecule has 0 atom stereocenters. The molecule has 1 aliphatic carbocycles. The largest absolute Gasteiger partial charge is 0.325 e. The van der Waals surface area contributed by atoms with Crippen LogP contribution in [0.15, 0.2) is 48.5 Å². The number of anilines is 1. The zero-order chi connectivity index (χ0) is 20.2. The second-order valence-corrected chi connectivity index (χ2v) is 7.66. The molecule has 0 unspecified atom stereocenters. The maximum Gasteiger partial charge on any atom is 0.238 e. The number of nitrogens with zero attached hydrogens (tertiary/aromatic N) is 2. The van der Waals surface area contributed by atoms with E-state index in [4.69, 9.17) is 0 Å². The van der Waals surface area contributed by atoms with Crippen molar-refractivity contribution in [3.63, 3.8) is 0 Å². The van der Waals surface area contributed by atoms with E-state index >= 15 is 0 Å². The summed E-state index contributed by atoms with van der Waals surface area (Å²) in [5.41, 5.74) is 7.71. The van der Waals surface area contributed by atoms with Crippen LogP contribution in [0.1, 0.15) is 37.8 Å². The number of hydrogen-bond acceptors (Lipinski definition) is 3. The van der Waals surface area contributed by atoms with Gasteiger partial charge in [-0.05, 0) is 43.6 Å². The van der Waals surface area contributed by atoms with Gasteiger partial charge in [-0.2, -0.15) is 5.10 Å².